The van der Waals surface area contributed by atoms with E-state index in [9.17, 15) is 4.79 Å². The molecular weight excluding hydrogens is 132 g/mol. The van der Waals surface area contributed by atoms with Crippen LogP contribution in [0, 0.1) is 11.3 Å². The monoisotopic (exact) mass is 140 g/mol. The first kappa shape index (κ1) is 6.87. The number of hydrogen-bond donors (Lipinski definition) is 0. The number of amides is 1. The summed E-state index contributed by atoms with van der Waals surface area (Å²) in [4.78, 5) is 12.0. The van der Waals surface area contributed by atoms with Gasteiger partial charge in [-0.2, -0.15) is 5.26 Å². The van der Waals surface area contributed by atoms with Crippen LogP contribution >= 0.6 is 0 Å². The molecule has 1 heterocycles. The van der Waals surface area contributed by atoms with E-state index in [0.29, 0.717) is 13.0 Å². The van der Waals surface area contributed by atoms with Crippen LogP contribution in [0.5, 0.6) is 0 Å². The van der Waals surface area contributed by atoms with Gasteiger partial charge in [-0.1, -0.05) is 0 Å². The lowest BCUT2D eigenvalue weighted by Crippen LogP contribution is -2.41. The molecular formula is C6H8N2O2. The van der Waals surface area contributed by atoms with Gasteiger partial charge in [-0.15, -0.1) is 0 Å². The quantitative estimate of drug-likeness (QED) is 0.488. The summed E-state index contributed by atoms with van der Waals surface area (Å²) in [5.74, 6) is 0. The highest BCUT2D eigenvalue weighted by molar-refractivity contribution is 5.68. The van der Waals surface area contributed by atoms with Gasteiger partial charge in [0.15, 0.2) is 0 Å². The summed E-state index contributed by atoms with van der Waals surface area (Å²) < 4.78 is 4.66. The molecule has 1 atom stereocenters. The zero-order valence-electron chi connectivity index (χ0n) is 5.70. The van der Waals surface area contributed by atoms with Gasteiger partial charge in [-0.05, 0) is 0 Å². The Hall–Kier alpha value is -1.24. The van der Waals surface area contributed by atoms with Gasteiger partial charge >= 0.3 is 6.09 Å². The first-order valence-corrected chi connectivity index (χ1v) is 3.05. The maximum absolute atomic E-state index is 10.7. The van der Waals surface area contributed by atoms with Crippen molar-refractivity contribution in [3.05, 3.63) is 0 Å². The summed E-state index contributed by atoms with van der Waals surface area (Å²) in [5, 5.41) is 8.48. The average molecular weight is 140 g/mol. The molecule has 1 rings (SSSR count). The van der Waals surface area contributed by atoms with E-state index in [-0.39, 0.29) is 6.04 Å². The number of nitriles is 1. The molecule has 4 heteroatoms. The fraction of sp³-hybridized carbons (Fsp3) is 0.667. The smallest absolute Gasteiger partial charge is 0.410 e. The number of ether oxygens (including phenoxy) is 1. The van der Waals surface area contributed by atoms with Crippen molar-refractivity contribution in [3.8, 4) is 6.07 Å². The number of hydrogen-bond acceptors (Lipinski definition) is 3. The van der Waals surface area contributed by atoms with Crippen LogP contribution in [0.4, 0.5) is 4.79 Å². The Bertz CT molecular complexity index is 185. The Morgan fingerprint density at radius 1 is 1.90 bits per heavy atom. The lowest BCUT2D eigenvalue weighted by molar-refractivity contribution is 0.0692. The van der Waals surface area contributed by atoms with Crippen LogP contribution in [-0.2, 0) is 4.74 Å². The van der Waals surface area contributed by atoms with E-state index >= 15 is 0 Å². The normalized spacial score (nSPS) is 25.4. The molecule has 0 saturated carbocycles. The second kappa shape index (κ2) is 2.56. The highest BCUT2D eigenvalue weighted by Gasteiger charge is 2.25. The van der Waals surface area contributed by atoms with Crippen LogP contribution in [0.2, 0.25) is 0 Å². The molecule has 0 aromatic heterocycles. The van der Waals surface area contributed by atoms with E-state index in [1.807, 2.05) is 6.07 Å². The molecule has 1 unspecified atom stereocenters. The average Bonchev–Trinajstić information content (AvgIpc) is 1.95. The third kappa shape index (κ3) is 1.03. The van der Waals surface area contributed by atoms with Crippen molar-refractivity contribution < 1.29 is 9.53 Å². The van der Waals surface area contributed by atoms with Crippen LogP contribution in [0.3, 0.4) is 0 Å². The van der Waals surface area contributed by atoms with Crippen molar-refractivity contribution in [2.24, 2.45) is 0 Å². The Morgan fingerprint density at radius 2 is 2.60 bits per heavy atom. The highest BCUT2D eigenvalue weighted by atomic mass is 16.6. The Labute approximate surface area is 59.0 Å². The van der Waals surface area contributed by atoms with Gasteiger partial charge < -0.3 is 4.74 Å². The van der Waals surface area contributed by atoms with Crippen molar-refractivity contribution >= 4 is 6.09 Å². The Kier molecular flexibility index (Phi) is 1.76. The first-order valence-electron chi connectivity index (χ1n) is 3.05. The van der Waals surface area contributed by atoms with Crippen LogP contribution in [0.25, 0.3) is 0 Å². The van der Waals surface area contributed by atoms with E-state index in [1.165, 1.54) is 4.90 Å². The number of nitrogens with zero attached hydrogens (tertiary/aromatic N) is 2. The molecule has 0 aromatic carbocycles. The molecule has 0 aromatic rings. The zero-order chi connectivity index (χ0) is 7.56. The van der Waals surface area contributed by atoms with Crippen LogP contribution < -0.4 is 0 Å². The second-order valence-corrected chi connectivity index (χ2v) is 2.16. The van der Waals surface area contributed by atoms with Crippen molar-refractivity contribution in [1.29, 1.82) is 5.26 Å². The molecule has 1 aliphatic heterocycles. The molecule has 0 N–H and O–H groups in total. The van der Waals surface area contributed by atoms with Crippen molar-refractivity contribution in [1.82, 2.24) is 4.90 Å². The van der Waals surface area contributed by atoms with Gasteiger partial charge in [0.1, 0.15) is 6.04 Å². The second-order valence-electron chi connectivity index (χ2n) is 2.16. The minimum atomic E-state index is -0.405. The molecule has 10 heavy (non-hydrogen) atoms. The molecule has 4 nitrogen and oxygen atoms in total. The van der Waals surface area contributed by atoms with Gasteiger partial charge in [0, 0.05) is 13.5 Å². The largest absolute Gasteiger partial charge is 0.449 e. The molecule has 0 aliphatic carbocycles. The lowest BCUT2D eigenvalue weighted by atomic mass is 10.2. The minimum Gasteiger partial charge on any atom is -0.449 e. The summed E-state index contributed by atoms with van der Waals surface area (Å²) in [5.41, 5.74) is 0. The summed E-state index contributed by atoms with van der Waals surface area (Å²) in [6.45, 7) is 0.363. The van der Waals surface area contributed by atoms with Gasteiger partial charge in [0.2, 0.25) is 0 Å². The standard InChI is InChI=1S/C6H8N2O2/c1-8-5(4-7)2-3-10-6(8)9/h5H,2-3H2,1H3. The van der Waals surface area contributed by atoms with Gasteiger partial charge in [-0.3, -0.25) is 4.90 Å². The van der Waals surface area contributed by atoms with Crippen molar-refractivity contribution in [3.63, 3.8) is 0 Å². The number of carbonyl (C=O) groups excluding carboxylic acids is 1. The third-order valence-corrected chi connectivity index (χ3v) is 1.52. The molecule has 1 saturated heterocycles. The van der Waals surface area contributed by atoms with Crippen LogP contribution in [-0.4, -0.2) is 30.7 Å². The summed E-state index contributed by atoms with van der Waals surface area (Å²) in [6, 6.07) is 1.70. The van der Waals surface area contributed by atoms with Gasteiger partial charge in [0.05, 0.1) is 12.7 Å². The maximum atomic E-state index is 10.7. The van der Waals surface area contributed by atoms with E-state index < -0.39 is 6.09 Å². The molecule has 0 radical (unpaired) electrons. The van der Waals surface area contributed by atoms with Crippen molar-refractivity contribution in [2.45, 2.75) is 12.5 Å². The highest BCUT2D eigenvalue weighted by Crippen LogP contribution is 2.09. The fourth-order valence-electron chi connectivity index (χ4n) is 0.832. The van der Waals surface area contributed by atoms with Crippen LogP contribution in [0.1, 0.15) is 6.42 Å². The number of carbonyl (C=O) groups is 1. The SMILES string of the molecule is CN1C(=O)OCCC1C#N. The molecule has 1 fully saturated rings. The zero-order valence-corrected chi connectivity index (χ0v) is 5.70. The van der Waals surface area contributed by atoms with Gasteiger partial charge in [-0.25, -0.2) is 4.79 Å². The predicted octanol–water partition coefficient (Wildman–Crippen LogP) is 0.351. The molecule has 0 spiro atoms. The minimum absolute atomic E-state index is 0.304. The lowest BCUT2D eigenvalue weighted by Gasteiger charge is -2.26. The summed E-state index contributed by atoms with van der Waals surface area (Å²) in [6.07, 6.45) is 0.205. The maximum Gasteiger partial charge on any atom is 0.410 e. The Balaban J connectivity index is 2.61. The molecule has 1 amide bonds. The first-order chi connectivity index (χ1) is 4.75. The van der Waals surface area contributed by atoms with E-state index in [0.717, 1.165) is 0 Å². The van der Waals surface area contributed by atoms with Crippen molar-refractivity contribution in [2.75, 3.05) is 13.7 Å². The number of cyclic esters (lactones) is 1. The van der Waals surface area contributed by atoms with E-state index in [1.54, 1.807) is 7.05 Å². The molecule has 0 bridgehead atoms. The molecule has 54 valence electrons. The molecule has 1 aliphatic rings. The van der Waals surface area contributed by atoms with Gasteiger partial charge in [0.25, 0.3) is 0 Å². The van der Waals surface area contributed by atoms with E-state index in [2.05, 4.69) is 4.74 Å². The Morgan fingerprint density at radius 3 is 3.10 bits per heavy atom. The predicted molar refractivity (Wildman–Crippen MR) is 33.1 cm³/mol. The fourth-order valence-corrected chi connectivity index (χ4v) is 0.832. The van der Waals surface area contributed by atoms with Crippen LogP contribution in [0.15, 0.2) is 0 Å². The summed E-state index contributed by atoms with van der Waals surface area (Å²) in [7, 11) is 1.56. The number of rotatable bonds is 0. The summed E-state index contributed by atoms with van der Waals surface area (Å²) >= 11 is 0. The van der Waals surface area contributed by atoms with E-state index in [4.69, 9.17) is 5.26 Å². The topological polar surface area (TPSA) is 53.3 Å². The third-order valence-electron chi connectivity index (χ3n) is 1.52.